The van der Waals surface area contributed by atoms with Gasteiger partial charge in [0.25, 0.3) is 0 Å². The number of aromatic nitrogens is 8. The second-order valence-electron chi connectivity index (χ2n) is 58.3. The molecule has 1 aromatic carbocycles. The summed E-state index contributed by atoms with van der Waals surface area (Å²) in [6, 6.07) is 18.6. The van der Waals surface area contributed by atoms with Gasteiger partial charge in [-0.15, -0.1) is 31.1 Å². The van der Waals surface area contributed by atoms with Crippen LogP contribution in [0.15, 0.2) is 98.0 Å². The van der Waals surface area contributed by atoms with E-state index in [0.717, 1.165) is 140 Å². The maximum atomic E-state index is 12.1. The molecule has 4 aromatic heterocycles. The number of piperidine rings is 1. The number of terminal acetylenes is 3. The Labute approximate surface area is 909 Å². The minimum atomic E-state index is -0.118. The van der Waals surface area contributed by atoms with E-state index in [0.29, 0.717) is 102 Å². The van der Waals surface area contributed by atoms with Crippen LogP contribution in [0.5, 0.6) is 12.0 Å². The maximum Gasteiger partial charge on any atom is 0.317 e. The first-order valence-electron chi connectivity index (χ1n) is 55.5. The number of esters is 1. The van der Waals surface area contributed by atoms with Crippen LogP contribution < -0.4 is 19.3 Å². The van der Waals surface area contributed by atoms with Crippen LogP contribution in [0.4, 0.5) is 11.9 Å². The molecule has 6 heterocycles. The molecular weight excluding hydrogens is 1820 g/mol. The summed E-state index contributed by atoms with van der Waals surface area (Å²) in [5, 5.41) is 0. The maximum absolute atomic E-state index is 12.1. The van der Waals surface area contributed by atoms with Crippen molar-refractivity contribution < 1.29 is 33.3 Å². The molecule has 9 rings (SSSR count). The highest BCUT2D eigenvalue weighted by molar-refractivity contribution is 5.79. The van der Waals surface area contributed by atoms with Gasteiger partial charge in [0.2, 0.25) is 17.8 Å². The molecule has 4 aliphatic rings. The standard InChI is InChI=1S/C14H22N4O.C13H21N3.C12H16N2O.C11H16.C10H16N2O.C10H18O2.C10H22O.C10H20.C10H22.C8H14.C7H16O.C7H16.C7H12/c1-14(2,3)11-12(19)17-7-9-18(10-8-17)13-15-5-4-6-16-13;1-13(2,3)11-5-9-16(10-6-11)12-14-7-4-8-15-12;1-5-10-6-8-13-11(14-10)15-9-7-12(2,3)4;1-11(2,3)9-10-7-5-4-6-8-10;1-10(2,3)5-8-13-9-11-6-4-7-12-9;1-9(2,3)7-10(5-6-10)8(11)12-4;1-9(2,3)7-10(4,5)8-11-6;1-5-10(6-7-10)8-9(2,3)4;1-7-10(5,6)8-9(2,3)4;1-5-6-7-8(2,3)4;1-7(2,3)5-6-8-4;2*1-5-6-7(2,3)4/h4-6H,7-11H2,1-3H3;4,7-8,11H,5-6,9-10H2,1-3H3;1,6,8H,7,9H2,2-4H3;4-8H,9H2,1-3H3;4,6-7H,5,8H2,1-3H3;5-7H2,1-4H3;7-8H2,1-6H3;5-8H2,1-4H3;7-8H2,1-6H3;1H,6-7H2,2-4H3;5-6H2,1-4H3;5-6H2,1-4H3;1H,6H2,2-4H3. The number of amides is 1. The summed E-state index contributed by atoms with van der Waals surface area (Å²) < 4.78 is 25.6. The smallest absolute Gasteiger partial charge is 0.317 e. The van der Waals surface area contributed by atoms with E-state index in [1.54, 1.807) is 57.3 Å². The summed E-state index contributed by atoms with van der Waals surface area (Å²) in [6.45, 7) is 111. The fourth-order valence-electron chi connectivity index (χ4n) is 16.7. The number of hydrogen-bond donors (Lipinski definition) is 0. The van der Waals surface area contributed by atoms with Crippen LogP contribution in [0.3, 0.4) is 0 Å². The molecule has 844 valence electrons. The first-order chi connectivity index (χ1) is 66.8. The molecular formula is C129H231N11O7. The zero-order valence-electron chi connectivity index (χ0n) is 105. The van der Waals surface area contributed by atoms with Crippen LogP contribution in [0.2, 0.25) is 0 Å². The Hall–Kier alpha value is -7.72. The Morgan fingerprint density at radius 1 is 0.401 bits per heavy atom. The zero-order chi connectivity index (χ0) is 115. The van der Waals surface area contributed by atoms with Gasteiger partial charge in [-0.05, 0) is 231 Å². The van der Waals surface area contributed by atoms with Crippen molar-refractivity contribution >= 4 is 23.8 Å². The summed E-state index contributed by atoms with van der Waals surface area (Å²) in [5.74, 6) is 10.4. The number of methoxy groups -OCH3 is 3. The van der Waals surface area contributed by atoms with E-state index in [4.69, 9.17) is 43.0 Å². The van der Waals surface area contributed by atoms with Crippen LogP contribution in [0.25, 0.3) is 0 Å². The van der Waals surface area contributed by atoms with Gasteiger partial charge < -0.3 is 38.4 Å². The van der Waals surface area contributed by atoms with E-state index in [1.807, 2.05) is 29.4 Å². The van der Waals surface area contributed by atoms with E-state index in [-0.39, 0.29) is 33.5 Å². The third-order valence-electron chi connectivity index (χ3n) is 23.9. The minimum absolute atomic E-state index is 0.0163. The Morgan fingerprint density at radius 2 is 0.810 bits per heavy atom. The Balaban J connectivity index is -0.000000762. The average Bonchev–Trinajstić information content (AvgIpc) is 1.61. The average molecular weight is 2050 g/mol. The van der Waals surface area contributed by atoms with Crippen molar-refractivity contribution in [2.45, 2.75) is 460 Å². The SMILES string of the molecule is C#CCC(C)(C)C.C#CCCC(C)(C)C.C#Cc1ccnc(OCCC(C)(C)C)n1.CC(C)(C)C1CCN(c2ncccn2)CC1.CC(C)(C)CC(=O)N1CCN(c2ncccn2)CC1.CC(C)(C)CCOc1ncccn1.CC(C)(C)Cc1ccccc1.CCC(C)(C)CC(C)(C)C.CCC1(CC(C)(C)C)CC1.CCCC(C)(C)C.COC(=O)C1(CC(C)(C)C)CC1.COCC(C)(C)CC(C)(C)C.COCCC(C)(C)C. The molecule has 2 aliphatic heterocycles. The number of anilines is 2. The number of ether oxygens (including phenoxy) is 5. The van der Waals surface area contributed by atoms with Gasteiger partial charge >= 0.3 is 18.0 Å². The fourth-order valence-corrected chi connectivity index (χ4v) is 16.7. The van der Waals surface area contributed by atoms with E-state index < -0.39 is 0 Å². The molecule has 2 saturated carbocycles. The lowest BCUT2D eigenvalue weighted by Gasteiger charge is -2.38. The van der Waals surface area contributed by atoms with E-state index >= 15 is 0 Å². The van der Waals surface area contributed by atoms with Gasteiger partial charge in [-0.3, -0.25) is 9.59 Å². The zero-order valence-corrected chi connectivity index (χ0v) is 105. The number of hydrogen-bond acceptors (Lipinski definition) is 17. The second-order valence-corrected chi connectivity index (χ2v) is 58.3. The minimum Gasteiger partial charge on any atom is -0.469 e. The molecule has 18 nitrogen and oxygen atoms in total. The predicted molar refractivity (Wildman–Crippen MR) is 634 cm³/mol. The molecule has 18 heteroatoms. The van der Waals surface area contributed by atoms with Crippen molar-refractivity contribution in [2.75, 3.05) is 96.8 Å². The third-order valence-corrected chi connectivity index (χ3v) is 23.9. The Morgan fingerprint density at radius 3 is 1.10 bits per heavy atom. The van der Waals surface area contributed by atoms with Crippen molar-refractivity contribution in [2.24, 2.45) is 98.0 Å². The van der Waals surface area contributed by atoms with Crippen LogP contribution in [-0.2, 0) is 30.2 Å². The molecule has 5 aromatic rings. The van der Waals surface area contributed by atoms with Crippen molar-refractivity contribution in [1.82, 2.24) is 44.8 Å². The first-order valence-corrected chi connectivity index (χ1v) is 55.5. The van der Waals surface area contributed by atoms with Gasteiger partial charge in [0, 0.05) is 123 Å². The van der Waals surface area contributed by atoms with Gasteiger partial charge in [0.1, 0.15) is 5.69 Å². The Kier molecular flexibility index (Phi) is 68.4. The fraction of sp³-hybridized carbons (Fsp3) is 0.767. The highest BCUT2D eigenvalue weighted by Crippen LogP contribution is 2.56. The van der Waals surface area contributed by atoms with Crippen molar-refractivity contribution in [3.63, 3.8) is 0 Å². The number of benzene rings is 1. The van der Waals surface area contributed by atoms with Crippen molar-refractivity contribution in [1.29, 1.82) is 0 Å². The van der Waals surface area contributed by atoms with Crippen LogP contribution in [0, 0.1) is 135 Å². The lowest BCUT2D eigenvalue weighted by atomic mass is 9.75. The molecule has 1 amide bonds. The highest BCUT2D eigenvalue weighted by Gasteiger charge is 2.53. The third kappa shape index (κ3) is 90.7. The Bertz CT molecular complexity index is 4260. The molecule has 0 radical (unpaired) electrons. The molecule has 0 N–H and O–H groups in total. The summed E-state index contributed by atoms with van der Waals surface area (Å²) in [4.78, 5) is 62.9. The summed E-state index contributed by atoms with van der Waals surface area (Å²) >= 11 is 0. The van der Waals surface area contributed by atoms with Gasteiger partial charge in [-0.2, -0.15) is 4.98 Å². The lowest BCUT2D eigenvalue weighted by Crippen LogP contribution is -2.49. The van der Waals surface area contributed by atoms with Gasteiger partial charge in [-0.1, -0.05) is 368 Å². The lowest BCUT2D eigenvalue weighted by molar-refractivity contribution is -0.148. The summed E-state index contributed by atoms with van der Waals surface area (Å²) in [7, 11) is 4.99. The molecule has 0 bridgehead atoms. The van der Waals surface area contributed by atoms with Crippen molar-refractivity contribution in [3.8, 4) is 49.1 Å². The van der Waals surface area contributed by atoms with Gasteiger partial charge in [0.05, 0.1) is 32.3 Å². The quantitative estimate of drug-likeness (QED) is 0.0442. The van der Waals surface area contributed by atoms with Gasteiger partial charge in [0.15, 0.2) is 0 Å². The van der Waals surface area contributed by atoms with E-state index in [9.17, 15) is 9.59 Å². The normalized spacial score (nSPS) is 14.6. The summed E-state index contributed by atoms with van der Waals surface area (Å²) in [5.41, 5.74) is 8.29. The highest BCUT2D eigenvalue weighted by atomic mass is 16.5. The molecule has 4 fully saturated rings. The number of carbonyl (C=O) groups excluding carboxylic acids is 2. The van der Waals surface area contributed by atoms with Crippen LogP contribution >= 0.6 is 0 Å². The van der Waals surface area contributed by atoms with Crippen LogP contribution in [0.1, 0.15) is 465 Å². The monoisotopic (exact) mass is 2050 g/mol. The van der Waals surface area contributed by atoms with Crippen LogP contribution in [-0.4, -0.2) is 144 Å². The number of nitrogens with zero attached hydrogens (tertiary/aromatic N) is 11. The molecule has 0 unspecified atom stereocenters. The van der Waals surface area contributed by atoms with Gasteiger partial charge in [-0.25, -0.2) is 34.9 Å². The van der Waals surface area contributed by atoms with E-state index in [2.05, 4.69) is 416 Å². The second kappa shape index (κ2) is 69.0. The summed E-state index contributed by atoms with van der Waals surface area (Å²) in [6.07, 6.45) is 53.0. The number of rotatable bonds is 23. The largest absolute Gasteiger partial charge is 0.469 e. The number of piperazine rings is 1. The first kappa shape index (κ1) is 146. The molecule has 2 aliphatic carbocycles. The molecule has 0 spiro atoms. The molecule has 147 heavy (non-hydrogen) atoms. The number of carbonyl (C=O) groups is 2. The van der Waals surface area contributed by atoms with Crippen molar-refractivity contribution in [3.05, 3.63) is 109 Å². The molecule has 2 saturated heterocycles. The molecule has 0 atom stereocenters. The topological polar surface area (TPSA) is 193 Å². The predicted octanol–water partition coefficient (Wildman–Crippen LogP) is 34.5. The van der Waals surface area contributed by atoms with E-state index in [1.165, 1.54) is 83.3 Å².